The van der Waals surface area contributed by atoms with E-state index in [0.717, 1.165) is 0 Å². The number of halogens is 1. The highest BCUT2D eigenvalue weighted by molar-refractivity contribution is 5.75. The molecule has 107 heavy (non-hydrogen) atoms. The highest BCUT2D eigenvalue weighted by atomic mass is 19.0. The van der Waals surface area contributed by atoms with Crippen molar-refractivity contribution in [3.63, 3.8) is 0 Å². The molecule has 0 aromatic carbocycles. The monoisotopic (exact) mass is 1540 g/mol. The number of hydrogen-bond acceptors (Lipinski definition) is 0. The third-order valence-electron chi connectivity index (χ3n) is 6.72. The lowest BCUT2D eigenvalue weighted by Crippen LogP contribution is -0.856. The molecule has 0 bridgehead atoms. The summed E-state index contributed by atoms with van der Waals surface area (Å²) in [5, 5.41) is 0. The van der Waals surface area contributed by atoms with Crippen molar-refractivity contribution in [1.82, 2.24) is 0 Å². The highest BCUT2D eigenvalue weighted by Gasteiger charge is 2.00. The van der Waals surface area contributed by atoms with E-state index in [2.05, 4.69) is 105 Å². The van der Waals surface area contributed by atoms with Crippen molar-refractivity contribution >= 4 is 8.41 Å². The molecule has 0 heterocycles. The summed E-state index contributed by atoms with van der Waals surface area (Å²) in [4.78, 5) is 0. The van der Waals surface area contributed by atoms with E-state index >= 15 is 0 Å². The lowest BCUT2D eigenvalue weighted by molar-refractivity contribution is 1.11. The molecule has 0 aliphatic heterocycles. The fourth-order valence-electron chi connectivity index (χ4n) is 0. The first-order chi connectivity index (χ1) is 50.5. The molecule has 0 N–H and O–H groups in total. The van der Waals surface area contributed by atoms with E-state index in [0.29, 0.717) is 0 Å². The fraction of sp³-hybridized carbons (Fsp3) is 0.848. The number of hydrogen-bond donors (Lipinski definition) is 0. The Morgan fingerprint density at radius 1 is 0.0935 bits per heavy atom. The summed E-state index contributed by atoms with van der Waals surface area (Å²) in [5.74, 6) is 0. The first-order valence-electron chi connectivity index (χ1n) is 46.5. The fourth-order valence-corrected chi connectivity index (χ4v) is 0. The normalized spacial score (nSPS) is 13.9. The van der Waals surface area contributed by atoms with Gasteiger partial charge in [-0.2, -0.15) is 0 Å². The van der Waals surface area contributed by atoms with Crippen molar-refractivity contribution in [3.05, 3.63) is 105 Å². The Labute approximate surface area is 705 Å². The Bertz CT molecular complexity index is 451. The molecule has 0 unspecified atom stereocenters. The minimum atomic E-state index is 0. The van der Waals surface area contributed by atoms with E-state index in [1.807, 2.05) is 194 Å². The van der Waals surface area contributed by atoms with Gasteiger partial charge >= 0.3 is 0 Å². The minimum Gasteiger partial charge on any atom is -0.269 e. The Balaban J connectivity index is -0.0000000220. The first-order valence-corrected chi connectivity index (χ1v) is 46.5. The van der Waals surface area contributed by atoms with Crippen LogP contribution in [0.4, 0.5) is 4.70 Å². The second-order valence-electron chi connectivity index (χ2n) is 20.2. The molecule has 0 amide bonds. The van der Waals surface area contributed by atoms with Crippen LogP contribution in [0.5, 0.6) is 0 Å². The second-order valence-corrected chi connectivity index (χ2v) is 20.2. The van der Waals surface area contributed by atoms with E-state index < -0.39 is 0 Å². The molecule has 679 valence electrons. The van der Waals surface area contributed by atoms with E-state index in [1.54, 1.807) is 0 Å². The van der Waals surface area contributed by atoms with Gasteiger partial charge in [0.25, 0.3) is 0 Å². The van der Waals surface area contributed by atoms with Crippen LogP contribution in [0.25, 0.3) is 0 Å². The van der Waals surface area contributed by atoms with E-state index in [9.17, 15) is 0 Å². The van der Waals surface area contributed by atoms with Gasteiger partial charge in [-0.1, -0.05) is 590 Å². The van der Waals surface area contributed by atoms with E-state index in [1.165, 1.54) is 366 Å². The standard InChI is InChI=1S/19C3H6.14C2H6.8C2H4.4CH4.B.FH.H2/c19*1-2-3-1;22*1-2;;;;;;;/h19*1-3H2;14*1-2H3;8*1-2H2;4*1H4;;2*1H/i;;;;;;;;;;;;;;;;;;;;;;;;;;;;;;;;;;;;;;;;;;;;;;;1+1. The van der Waals surface area contributed by atoms with Gasteiger partial charge in [0.2, 0.25) is 0 Å². The number of rotatable bonds is 0. The van der Waals surface area contributed by atoms with Crippen LogP contribution < -0.4 is 0 Å². The summed E-state index contributed by atoms with van der Waals surface area (Å²) < 4.78 is 0. The molecule has 19 saturated carbocycles. The largest absolute Gasteiger partial charge is 0.269 e. The third kappa shape index (κ3) is 3770. The molecule has 19 aliphatic carbocycles. The highest BCUT2D eigenvalue weighted by Crippen LogP contribution is 2.20. The van der Waals surface area contributed by atoms with Crippen molar-refractivity contribution in [1.29, 1.82) is 0 Å². The van der Waals surface area contributed by atoms with Gasteiger partial charge in [-0.3, -0.25) is 4.70 Å². The lowest BCUT2D eigenvalue weighted by Gasteiger charge is -1.07. The Morgan fingerprint density at radius 3 is 0.103 bits per heavy atom. The van der Waals surface area contributed by atoms with Crippen LogP contribution in [0, 0.1) is 0 Å². The van der Waals surface area contributed by atoms with Crippen molar-refractivity contribution in [3.8, 4) is 0 Å². The molecule has 0 aromatic rings. The molecular weight excluding hydrogens is 1290 g/mol. The second kappa shape index (κ2) is 365. The zero-order valence-corrected chi connectivity index (χ0v) is 80.6. The molecule has 3 radical (unpaired) electrons. The first kappa shape index (κ1) is 192. The predicted octanol–water partition coefficient (Wildman–Crippen LogP) is 45.6. The average Bonchev–Trinajstić information content (AvgIpc) is 4.62. The molecule has 0 saturated heterocycles. The topological polar surface area (TPSA) is 0 Å². The summed E-state index contributed by atoms with van der Waals surface area (Å²) in [6.07, 6.45) is 85.5. The molecule has 2 heteroatoms. The molecule has 0 nitrogen and oxygen atoms in total. The zero-order chi connectivity index (χ0) is 84.3. The third-order valence-corrected chi connectivity index (χ3v) is 6.72. The molecule has 19 rings (SSSR count). The Morgan fingerprint density at radius 2 is 0.103 bits per heavy atom. The van der Waals surface area contributed by atoms with Gasteiger partial charge in [-0.25, -0.2) is 0 Å². The smallest absolute Gasteiger partial charge is 0 e. The maximum Gasteiger partial charge on any atom is 0 e. The quantitative estimate of drug-likeness (QED) is 0.168. The lowest BCUT2D eigenvalue weighted by atomic mass is 10.8. The van der Waals surface area contributed by atoms with Gasteiger partial charge in [-0.05, 0) is 0 Å². The summed E-state index contributed by atoms with van der Waals surface area (Å²) >= 11 is 0. The van der Waals surface area contributed by atoms with Crippen molar-refractivity contribution < 1.29 is 6.13 Å². The Hall–Kier alpha value is -2.09. The Kier molecular flexibility index (Phi) is 653. The average molecular weight is 1540 g/mol. The van der Waals surface area contributed by atoms with Crippen LogP contribution in [0.2, 0.25) is 0 Å². The molecule has 19 aliphatic rings. The summed E-state index contributed by atoms with van der Waals surface area (Å²) in [6, 6.07) is 0. The SMILES string of the molecule is C.C.C.C.C1CC1.C1CC1.C1CC1.C1CC1.C1CC1.C1CC1.C1CC1.C1CC1.C1CC1.C1CC1.C1CC1.C1CC1.C1CC1.C1CC1.C1CC1.C1CC1.C1CC1.C1CC1.C1CC1.C=C.C=C.C=C.C=C.C=C.C=C.C=C.C=C.CC.CC.CC.CC.CC.CC.CC.CC.CC.CC.CC.CC.CC.CC.F.[2HH].[B]. The van der Waals surface area contributed by atoms with Crippen LogP contribution in [0.15, 0.2) is 105 Å². The molecule has 0 atom stereocenters. The summed E-state index contributed by atoms with van der Waals surface area (Å²) in [5.41, 5.74) is 0. The van der Waals surface area contributed by atoms with Crippen LogP contribution in [0.1, 0.15) is 591 Å². The van der Waals surface area contributed by atoms with Crippen LogP contribution >= 0.6 is 0 Å². The maximum atomic E-state index is 3.00. The van der Waals surface area contributed by atoms with Crippen molar-refractivity contribution in [2.45, 2.75) is 590 Å². The van der Waals surface area contributed by atoms with Gasteiger partial charge in [0.15, 0.2) is 0 Å². The van der Waals surface area contributed by atoms with Gasteiger partial charge in [0.1, 0.15) is 0 Å². The maximum absolute atomic E-state index is 3.00. The van der Waals surface area contributed by atoms with Gasteiger partial charge in [0, 0.05) is 9.84 Å². The van der Waals surface area contributed by atoms with Crippen LogP contribution in [0.3, 0.4) is 0 Å². The molecular formula is C105H249BF. The minimum absolute atomic E-state index is 0. The van der Waals surface area contributed by atoms with Gasteiger partial charge in [-0.15, -0.1) is 105 Å². The summed E-state index contributed by atoms with van der Waals surface area (Å²) in [6.45, 7) is 104. The predicted molar refractivity (Wildman–Crippen MR) is 549 cm³/mol. The van der Waals surface area contributed by atoms with Gasteiger partial charge < -0.3 is 0 Å². The van der Waals surface area contributed by atoms with Crippen LogP contribution in [-0.2, 0) is 0 Å². The van der Waals surface area contributed by atoms with Crippen LogP contribution in [-0.4, -0.2) is 8.41 Å². The molecule has 0 aromatic heterocycles. The zero-order valence-electron chi connectivity index (χ0n) is 80.6. The van der Waals surface area contributed by atoms with E-state index in [-0.39, 0.29) is 44.3 Å². The molecule has 0 spiro atoms. The summed E-state index contributed by atoms with van der Waals surface area (Å²) in [7, 11) is 0. The van der Waals surface area contributed by atoms with Crippen molar-refractivity contribution in [2.75, 3.05) is 0 Å². The molecule has 19 fully saturated rings. The van der Waals surface area contributed by atoms with Gasteiger partial charge in [0.05, 0.1) is 0 Å². The van der Waals surface area contributed by atoms with Crippen molar-refractivity contribution in [2.24, 2.45) is 0 Å². The van der Waals surface area contributed by atoms with E-state index in [4.69, 9.17) is 0 Å².